The van der Waals surface area contributed by atoms with Crippen molar-refractivity contribution in [2.75, 3.05) is 13.1 Å². The van der Waals surface area contributed by atoms with Gasteiger partial charge in [-0.1, -0.05) is 0 Å². The van der Waals surface area contributed by atoms with Gasteiger partial charge in [0.05, 0.1) is 8.66 Å². The van der Waals surface area contributed by atoms with Crippen LogP contribution >= 0.6 is 27.3 Å². The predicted octanol–water partition coefficient (Wildman–Crippen LogP) is 2.38. The van der Waals surface area contributed by atoms with Crippen LogP contribution in [0.4, 0.5) is 0 Å². The van der Waals surface area contributed by atoms with Gasteiger partial charge < -0.3 is 10.6 Å². The van der Waals surface area contributed by atoms with E-state index in [-0.39, 0.29) is 5.91 Å². The summed E-state index contributed by atoms with van der Waals surface area (Å²) in [6.07, 6.45) is 3.52. The van der Waals surface area contributed by atoms with E-state index in [0.29, 0.717) is 6.04 Å². The van der Waals surface area contributed by atoms with E-state index < -0.39 is 0 Å². The molecule has 0 bridgehead atoms. The standard InChI is InChI=1S/C11H15BrN2OS/c12-10-4-3-9(16-10)11(15)14-7-5-8-2-1-6-13-8/h3-4,8,13H,1-2,5-7H2,(H,14,15)/t8-/m0/s1. The molecule has 0 unspecified atom stereocenters. The van der Waals surface area contributed by atoms with Crippen LogP contribution in [-0.2, 0) is 0 Å². The largest absolute Gasteiger partial charge is 0.351 e. The van der Waals surface area contributed by atoms with Crippen molar-refractivity contribution in [3.05, 3.63) is 20.8 Å². The first-order valence-electron chi connectivity index (χ1n) is 5.52. The number of thiophene rings is 1. The third-order valence-electron chi connectivity index (χ3n) is 2.74. The maximum Gasteiger partial charge on any atom is 0.261 e. The molecule has 16 heavy (non-hydrogen) atoms. The van der Waals surface area contributed by atoms with Crippen molar-refractivity contribution in [2.45, 2.75) is 25.3 Å². The fourth-order valence-corrected chi connectivity index (χ4v) is 3.19. The molecule has 1 aromatic heterocycles. The first-order chi connectivity index (χ1) is 7.75. The summed E-state index contributed by atoms with van der Waals surface area (Å²) in [7, 11) is 0. The molecule has 2 rings (SSSR count). The third-order valence-corrected chi connectivity index (χ3v) is 4.36. The lowest BCUT2D eigenvalue weighted by molar-refractivity contribution is 0.0956. The second-order valence-corrected chi connectivity index (χ2v) is 6.40. The second kappa shape index (κ2) is 5.80. The molecule has 0 spiro atoms. The zero-order valence-electron chi connectivity index (χ0n) is 8.96. The summed E-state index contributed by atoms with van der Waals surface area (Å²) in [5.41, 5.74) is 0. The highest BCUT2D eigenvalue weighted by molar-refractivity contribution is 9.11. The van der Waals surface area contributed by atoms with E-state index >= 15 is 0 Å². The molecule has 3 nitrogen and oxygen atoms in total. The van der Waals surface area contributed by atoms with Crippen LogP contribution in [0, 0.1) is 0 Å². The van der Waals surface area contributed by atoms with Gasteiger partial charge in [0.25, 0.3) is 5.91 Å². The highest BCUT2D eigenvalue weighted by Gasteiger charge is 2.14. The van der Waals surface area contributed by atoms with Crippen molar-refractivity contribution in [3.63, 3.8) is 0 Å². The molecular weight excluding hydrogens is 288 g/mol. The summed E-state index contributed by atoms with van der Waals surface area (Å²) in [6, 6.07) is 4.34. The van der Waals surface area contributed by atoms with Crippen LogP contribution in [-0.4, -0.2) is 25.0 Å². The minimum absolute atomic E-state index is 0.0358. The Labute approximate surface area is 108 Å². The summed E-state index contributed by atoms with van der Waals surface area (Å²) in [5.74, 6) is 0.0358. The highest BCUT2D eigenvalue weighted by Crippen LogP contribution is 2.21. The van der Waals surface area contributed by atoms with Crippen LogP contribution in [0.15, 0.2) is 15.9 Å². The van der Waals surface area contributed by atoms with Crippen LogP contribution in [0.3, 0.4) is 0 Å². The summed E-state index contributed by atoms with van der Waals surface area (Å²) >= 11 is 4.82. The van der Waals surface area contributed by atoms with Crippen molar-refractivity contribution >= 4 is 33.2 Å². The monoisotopic (exact) mass is 302 g/mol. The van der Waals surface area contributed by atoms with Crippen LogP contribution in [0.2, 0.25) is 0 Å². The normalized spacial score (nSPS) is 19.9. The Hall–Kier alpha value is -0.390. The summed E-state index contributed by atoms with van der Waals surface area (Å²) in [4.78, 5) is 12.5. The van der Waals surface area contributed by atoms with Gasteiger partial charge >= 0.3 is 0 Å². The van der Waals surface area contributed by atoms with Crippen molar-refractivity contribution in [1.29, 1.82) is 0 Å². The molecule has 1 aliphatic rings. The van der Waals surface area contributed by atoms with Gasteiger partial charge in [0.1, 0.15) is 0 Å². The Morgan fingerprint density at radius 2 is 2.50 bits per heavy atom. The second-order valence-electron chi connectivity index (χ2n) is 3.94. The van der Waals surface area contributed by atoms with E-state index in [1.165, 1.54) is 24.2 Å². The molecule has 1 amide bonds. The predicted molar refractivity (Wildman–Crippen MR) is 70.0 cm³/mol. The fourth-order valence-electron chi connectivity index (χ4n) is 1.89. The Bertz CT molecular complexity index is 361. The Balaban J connectivity index is 1.71. The zero-order valence-corrected chi connectivity index (χ0v) is 11.4. The number of nitrogens with one attached hydrogen (secondary N) is 2. The van der Waals surface area contributed by atoms with E-state index in [0.717, 1.165) is 28.2 Å². The minimum Gasteiger partial charge on any atom is -0.351 e. The Morgan fingerprint density at radius 1 is 1.62 bits per heavy atom. The van der Waals surface area contributed by atoms with Gasteiger partial charge in [-0.25, -0.2) is 0 Å². The average molecular weight is 303 g/mol. The molecule has 0 radical (unpaired) electrons. The lowest BCUT2D eigenvalue weighted by atomic mass is 10.1. The van der Waals surface area contributed by atoms with E-state index in [1.807, 2.05) is 12.1 Å². The van der Waals surface area contributed by atoms with Gasteiger partial charge in [-0.3, -0.25) is 4.79 Å². The topological polar surface area (TPSA) is 41.1 Å². The van der Waals surface area contributed by atoms with Crippen molar-refractivity contribution in [2.24, 2.45) is 0 Å². The summed E-state index contributed by atoms with van der Waals surface area (Å²) in [6.45, 7) is 1.88. The molecule has 2 heterocycles. The van der Waals surface area contributed by atoms with Crippen LogP contribution < -0.4 is 10.6 Å². The van der Waals surface area contributed by atoms with Gasteiger partial charge in [-0.2, -0.15) is 0 Å². The lowest BCUT2D eigenvalue weighted by Crippen LogP contribution is -2.30. The molecule has 0 saturated carbocycles. The van der Waals surface area contributed by atoms with Gasteiger partial charge in [-0.05, 0) is 53.9 Å². The number of rotatable bonds is 4. The zero-order chi connectivity index (χ0) is 11.4. The molecule has 1 fully saturated rings. The number of hydrogen-bond acceptors (Lipinski definition) is 3. The SMILES string of the molecule is O=C(NCC[C@@H]1CCCN1)c1ccc(Br)s1. The Kier molecular flexibility index (Phi) is 4.37. The number of amides is 1. The maximum atomic E-state index is 11.7. The van der Waals surface area contributed by atoms with Gasteiger partial charge in [0.15, 0.2) is 0 Å². The Morgan fingerprint density at radius 3 is 3.12 bits per heavy atom. The van der Waals surface area contributed by atoms with Crippen LogP contribution in [0.5, 0.6) is 0 Å². The van der Waals surface area contributed by atoms with Crippen molar-refractivity contribution in [1.82, 2.24) is 10.6 Å². The summed E-state index contributed by atoms with van der Waals surface area (Å²) in [5, 5.41) is 6.37. The van der Waals surface area contributed by atoms with Gasteiger partial charge in [0, 0.05) is 12.6 Å². The molecule has 0 aromatic carbocycles. The fraction of sp³-hybridized carbons (Fsp3) is 0.545. The van der Waals surface area contributed by atoms with Crippen molar-refractivity contribution in [3.8, 4) is 0 Å². The lowest BCUT2D eigenvalue weighted by Gasteiger charge is -2.09. The quantitative estimate of drug-likeness (QED) is 0.896. The molecule has 1 saturated heterocycles. The first kappa shape index (κ1) is 12.1. The van der Waals surface area contributed by atoms with E-state index in [4.69, 9.17) is 0 Å². The van der Waals surface area contributed by atoms with Crippen LogP contribution in [0.1, 0.15) is 28.9 Å². The molecule has 5 heteroatoms. The maximum absolute atomic E-state index is 11.7. The smallest absolute Gasteiger partial charge is 0.261 e. The average Bonchev–Trinajstić information content (AvgIpc) is 2.89. The van der Waals surface area contributed by atoms with E-state index in [2.05, 4.69) is 26.6 Å². The van der Waals surface area contributed by atoms with Gasteiger partial charge in [-0.15, -0.1) is 11.3 Å². The van der Waals surface area contributed by atoms with E-state index in [1.54, 1.807) is 0 Å². The molecule has 1 atom stereocenters. The number of hydrogen-bond donors (Lipinski definition) is 2. The first-order valence-corrected chi connectivity index (χ1v) is 7.13. The molecular formula is C11H15BrN2OS. The number of carbonyl (C=O) groups excluding carboxylic acids is 1. The third kappa shape index (κ3) is 3.30. The minimum atomic E-state index is 0.0358. The molecule has 0 aliphatic carbocycles. The van der Waals surface area contributed by atoms with Crippen molar-refractivity contribution < 1.29 is 4.79 Å². The molecule has 1 aliphatic heterocycles. The van der Waals surface area contributed by atoms with Crippen LogP contribution in [0.25, 0.3) is 0 Å². The molecule has 1 aromatic rings. The number of halogens is 1. The van der Waals surface area contributed by atoms with E-state index in [9.17, 15) is 4.79 Å². The summed E-state index contributed by atoms with van der Waals surface area (Å²) < 4.78 is 0.995. The van der Waals surface area contributed by atoms with Gasteiger partial charge in [0.2, 0.25) is 0 Å². The molecule has 88 valence electrons. The highest BCUT2D eigenvalue weighted by atomic mass is 79.9. The molecule has 2 N–H and O–H groups in total. The number of carbonyl (C=O) groups is 1.